The highest BCUT2D eigenvalue weighted by molar-refractivity contribution is 5.19. The predicted octanol–water partition coefficient (Wildman–Crippen LogP) is 5.21. The summed E-state index contributed by atoms with van der Waals surface area (Å²) in [4.78, 5) is 0. The van der Waals surface area contributed by atoms with Crippen LogP contribution in [0.25, 0.3) is 0 Å². The molecule has 0 spiro atoms. The van der Waals surface area contributed by atoms with E-state index in [1.165, 1.54) is 11.1 Å². The maximum atomic E-state index is 11.1. The molecular weight excluding hydrogens is 272 g/mol. The van der Waals surface area contributed by atoms with Crippen LogP contribution in [-0.4, -0.2) is 11.2 Å². The topological polar surface area (TPSA) is 29.5 Å². The van der Waals surface area contributed by atoms with Crippen molar-refractivity contribution in [3.63, 3.8) is 0 Å². The third kappa shape index (κ3) is 3.65. The molecule has 0 aromatic rings. The molecule has 0 bridgehead atoms. The molecule has 1 heterocycles. The van der Waals surface area contributed by atoms with E-state index in [2.05, 4.69) is 46.8 Å². The molecule has 2 heteroatoms. The molecule has 1 aliphatic heterocycles. The van der Waals surface area contributed by atoms with Crippen molar-refractivity contribution in [2.45, 2.75) is 66.4 Å². The summed E-state index contributed by atoms with van der Waals surface area (Å²) < 4.78 is 5.44. The van der Waals surface area contributed by atoms with Gasteiger partial charge in [-0.15, -0.1) is 0 Å². The maximum Gasteiger partial charge on any atom is 0.0894 e. The molecule has 22 heavy (non-hydrogen) atoms. The van der Waals surface area contributed by atoms with Gasteiger partial charge in [0.2, 0.25) is 0 Å². The molecule has 0 aromatic heterocycles. The second-order valence-corrected chi connectivity index (χ2v) is 7.81. The smallest absolute Gasteiger partial charge is 0.0894 e. The molecule has 5 atom stereocenters. The Morgan fingerprint density at radius 2 is 2.23 bits per heavy atom. The quantitative estimate of drug-likeness (QED) is 0.722. The van der Waals surface area contributed by atoms with E-state index in [1.807, 2.05) is 6.26 Å². The summed E-state index contributed by atoms with van der Waals surface area (Å²) in [5, 5.41) is 11.1. The van der Waals surface area contributed by atoms with Gasteiger partial charge in [-0.1, -0.05) is 25.5 Å². The molecule has 1 fully saturated rings. The zero-order valence-electron chi connectivity index (χ0n) is 14.8. The molecule has 1 unspecified atom stereocenters. The first-order valence-electron chi connectivity index (χ1n) is 8.66. The van der Waals surface area contributed by atoms with Gasteiger partial charge in [0.15, 0.2) is 0 Å². The summed E-state index contributed by atoms with van der Waals surface area (Å²) in [5.41, 5.74) is 2.57. The van der Waals surface area contributed by atoms with Crippen LogP contribution in [0.2, 0.25) is 0 Å². The van der Waals surface area contributed by atoms with Crippen LogP contribution in [0.4, 0.5) is 0 Å². The van der Waals surface area contributed by atoms with Crippen molar-refractivity contribution in [2.24, 2.45) is 23.2 Å². The summed E-state index contributed by atoms with van der Waals surface area (Å²) in [7, 11) is 0. The Bertz CT molecular complexity index is 470. The molecule has 0 radical (unpaired) electrons. The van der Waals surface area contributed by atoms with Crippen molar-refractivity contribution < 1.29 is 9.84 Å². The van der Waals surface area contributed by atoms with Gasteiger partial charge in [0, 0.05) is 5.92 Å². The van der Waals surface area contributed by atoms with Crippen LogP contribution >= 0.6 is 0 Å². The van der Waals surface area contributed by atoms with Gasteiger partial charge in [0.25, 0.3) is 0 Å². The van der Waals surface area contributed by atoms with Gasteiger partial charge in [-0.05, 0) is 75.4 Å². The number of aliphatic hydroxyl groups excluding tert-OH is 1. The minimum atomic E-state index is -0.275. The van der Waals surface area contributed by atoms with Gasteiger partial charge in [0.1, 0.15) is 0 Å². The van der Waals surface area contributed by atoms with Crippen LogP contribution in [0.5, 0.6) is 0 Å². The number of fused-ring (bicyclic) bond motifs is 1. The summed E-state index contributed by atoms with van der Waals surface area (Å²) >= 11 is 0. The average molecular weight is 304 g/mol. The first kappa shape index (κ1) is 17.3. The Labute approximate surface area is 136 Å². The van der Waals surface area contributed by atoms with Crippen molar-refractivity contribution in [3.05, 3.63) is 35.8 Å². The molecule has 0 amide bonds. The fraction of sp³-hybridized carbons (Fsp3) is 0.700. The van der Waals surface area contributed by atoms with Crippen LogP contribution in [0.3, 0.4) is 0 Å². The molecule has 124 valence electrons. The van der Waals surface area contributed by atoms with Crippen molar-refractivity contribution in [3.8, 4) is 0 Å². The number of allylic oxidation sites excluding steroid dienone is 3. The Kier molecular flexibility index (Phi) is 5.55. The fourth-order valence-electron chi connectivity index (χ4n) is 4.30. The summed E-state index contributed by atoms with van der Waals surface area (Å²) in [5.74, 6) is 1.12. The lowest BCUT2D eigenvalue weighted by atomic mass is 9.58. The van der Waals surface area contributed by atoms with Crippen LogP contribution in [0, 0.1) is 23.2 Å². The fourth-order valence-corrected chi connectivity index (χ4v) is 4.30. The third-order valence-corrected chi connectivity index (χ3v) is 5.68. The minimum absolute atomic E-state index is 0.0205. The van der Waals surface area contributed by atoms with Gasteiger partial charge in [0.05, 0.1) is 18.6 Å². The van der Waals surface area contributed by atoms with E-state index < -0.39 is 0 Å². The number of ether oxygens (including phenoxy) is 1. The van der Waals surface area contributed by atoms with E-state index in [9.17, 15) is 5.11 Å². The summed E-state index contributed by atoms with van der Waals surface area (Å²) in [6.07, 6.45) is 12.3. The lowest BCUT2D eigenvalue weighted by molar-refractivity contribution is -0.0402. The Morgan fingerprint density at radius 1 is 1.50 bits per heavy atom. The lowest BCUT2D eigenvalue weighted by Crippen LogP contribution is -2.46. The van der Waals surface area contributed by atoms with E-state index in [0.29, 0.717) is 11.8 Å². The van der Waals surface area contributed by atoms with Gasteiger partial charge in [-0.2, -0.15) is 0 Å². The van der Waals surface area contributed by atoms with Crippen molar-refractivity contribution >= 4 is 0 Å². The van der Waals surface area contributed by atoms with Gasteiger partial charge in [-0.25, -0.2) is 0 Å². The molecule has 2 aliphatic rings. The van der Waals surface area contributed by atoms with Crippen LogP contribution in [-0.2, 0) is 4.74 Å². The highest BCUT2D eigenvalue weighted by atomic mass is 16.5. The first-order chi connectivity index (χ1) is 10.3. The van der Waals surface area contributed by atoms with E-state index >= 15 is 0 Å². The second kappa shape index (κ2) is 7.04. The van der Waals surface area contributed by atoms with Crippen LogP contribution in [0.1, 0.15) is 60.3 Å². The molecule has 1 aliphatic carbocycles. The Hall–Kier alpha value is -1.02. The highest BCUT2D eigenvalue weighted by Gasteiger charge is 2.47. The molecule has 0 aromatic carbocycles. The van der Waals surface area contributed by atoms with Crippen molar-refractivity contribution in [2.75, 3.05) is 0 Å². The number of hydrogen-bond donors (Lipinski definition) is 1. The Balaban J connectivity index is 2.11. The molecule has 2 nitrogen and oxygen atoms in total. The SMILES string of the molecule is CC(C)=CCC[C@@H](C)[C@@H]1CC[C@@]2(C)C=COC=C(C)C2[C@@H]1O. The van der Waals surface area contributed by atoms with Gasteiger partial charge < -0.3 is 9.84 Å². The van der Waals surface area contributed by atoms with Crippen LogP contribution in [0.15, 0.2) is 35.8 Å². The van der Waals surface area contributed by atoms with Crippen molar-refractivity contribution in [1.82, 2.24) is 0 Å². The van der Waals surface area contributed by atoms with E-state index in [1.54, 1.807) is 6.26 Å². The van der Waals surface area contributed by atoms with Crippen LogP contribution < -0.4 is 0 Å². The lowest BCUT2D eigenvalue weighted by Gasteiger charge is -2.47. The normalized spacial score (nSPS) is 35.7. The monoisotopic (exact) mass is 304 g/mol. The summed E-state index contributed by atoms with van der Waals surface area (Å²) in [6.45, 7) is 11.0. The summed E-state index contributed by atoms with van der Waals surface area (Å²) in [6, 6.07) is 0. The first-order valence-corrected chi connectivity index (χ1v) is 8.66. The zero-order valence-corrected chi connectivity index (χ0v) is 14.8. The third-order valence-electron chi connectivity index (χ3n) is 5.68. The van der Waals surface area contributed by atoms with E-state index in [-0.39, 0.29) is 17.4 Å². The van der Waals surface area contributed by atoms with E-state index in [4.69, 9.17) is 4.74 Å². The Morgan fingerprint density at radius 3 is 2.91 bits per heavy atom. The largest absolute Gasteiger partial charge is 0.473 e. The number of rotatable bonds is 4. The van der Waals surface area contributed by atoms with Gasteiger partial charge >= 0.3 is 0 Å². The molecule has 2 rings (SSSR count). The molecular formula is C20H32O2. The standard InChI is InChI=1S/C20H32O2/c1-14(2)7-6-8-15(3)17-9-10-20(5)11-12-22-13-16(4)18(20)19(17)21/h7,11-13,15,17-19,21H,6,8-10H2,1-5H3/t15-,17+,18?,19-,20+/m1/s1. The molecule has 1 saturated carbocycles. The average Bonchev–Trinajstić information content (AvgIpc) is 2.57. The molecule has 0 saturated heterocycles. The molecule has 1 N–H and O–H groups in total. The van der Waals surface area contributed by atoms with Crippen molar-refractivity contribution in [1.29, 1.82) is 0 Å². The maximum absolute atomic E-state index is 11.1. The second-order valence-electron chi connectivity index (χ2n) is 7.81. The van der Waals surface area contributed by atoms with E-state index in [0.717, 1.165) is 25.7 Å². The van der Waals surface area contributed by atoms with Gasteiger partial charge in [-0.3, -0.25) is 0 Å². The number of hydrogen-bond acceptors (Lipinski definition) is 2. The predicted molar refractivity (Wildman–Crippen MR) is 92.1 cm³/mol. The zero-order chi connectivity index (χ0) is 16.3. The highest BCUT2D eigenvalue weighted by Crippen LogP contribution is 2.50. The minimum Gasteiger partial charge on any atom is -0.473 e. The number of aliphatic hydroxyl groups is 1.